The first kappa shape index (κ1) is 14.6. The van der Waals surface area contributed by atoms with E-state index >= 15 is 0 Å². The Balaban J connectivity index is 1.61. The van der Waals surface area contributed by atoms with Crippen molar-refractivity contribution in [1.82, 2.24) is 0 Å². The Hall–Kier alpha value is -2.95. The maximum atomic E-state index is 12.6. The van der Waals surface area contributed by atoms with Crippen LogP contribution in [0.2, 0.25) is 0 Å². The molecule has 0 saturated heterocycles. The van der Waals surface area contributed by atoms with E-state index in [1.54, 1.807) is 12.1 Å². The Morgan fingerprint density at radius 2 is 1.83 bits per heavy atom. The van der Waals surface area contributed by atoms with Gasteiger partial charge >= 0.3 is 0 Å². The number of benzene rings is 2. The van der Waals surface area contributed by atoms with E-state index in [2.05, 4.69) is 5.32 Å². The smallest absolute Gasteiger partial charge is 0.291 e. The largest absolute Gasteiger partial charge is 0.490 e. The summed E-state index contributed by atoms with van der Waals surface area (Å²) in [6, 6.07) is 13.0. The quantitative estimate of drug-likeness (QED) is 0.769. The highest BCUT2D eigenvalue weighted by molar-refractivity contribution is 6.06. The first-order valence-electron chi connectivity index (χ1n) is 7.91. The molecule has 0 saturated carbocycles. The molecule has 24 heavy (non-hydrogen) atoms. The number of carbonyl (C=O) groups is 1. The van der Waals surface area contributed by atoms with Crippen LogP contribution in [-0.2, 0) is 0 Å². The Labute approximate surface area is 139 Å². The van der Waals surface area contributed by atoms with Crippen molar-refractivity contribution in [3.05, 3.63) is 53.8 Å². The summed E-state index contributed by atoms with van der Waals surface area (Å²) >= 11 is 0. The van der Waals surface area contributed by atoms with Gasteiger partial charge in [0.15, 0.2) is 17.3 Å². The number of ether oxygens (including phenoxy) is 2. The monoisotopic (exact) mass is 323 g/mol. The Kier molecular flexibility index (Phi) is 3.61. The van der Waals surface area contributed by atoms with E-state index in [4.69, 9.17) is 13.9 Å². The molecule has 1 amide bonds. The molecule has 0 spiro atoms. The van der Waals surface area contributed by atoms with Gasteiger partial charge in [-0.1, -0.05) is 18.2 Å². The molecular weight excluding hydrogens is 306 g/mol. The van der Waals surface area contributed by atoms with Crippen molar-refractivity contribution >= 4 is 22.6 Å². The molecule has 0 bridgehead atoms. The minimum absolute atomic E-state index is 0.279. The second kappa shape index (κ2) is 5.92. The van der Waals surface area contributed by atoms with Crippen LogP contribution >= 0.6 is 0 Å². The van der Waals surface area contributed by atoms with Gasteiger partial charge in [-0.3, -0.25) is 4.79 Å². The summed E-state index contributed by atoms with van der Waals surface area (Å²) in [4.78, 5) is 12.6. The molecule has 122 valence electrons. The van der Waals surface area contributed by atoms with Crippen LogP contribution in [0.4, 0.5) is 5.69 Å². The number of furan rings is 1. The summed E-state index contributed by atoms with van der Waals surface area (Å²) in [5, 5.41) is 3.81. The molecule has 0 aliphatic carbocycles. The zero-order valence-corrected chi connectivity index (χ0v) is 13.3. The Bertz CT molecular complexity index is 913. The predicted octanol–water partition coefficient (Wildman–Crippen LogP) is 4.15. The standard InChI is InChI=1S/C19H17NO4/c1-12-14-5-2-3-6-15(14)24-18(12)19(21)20-13-7-8-16-17(11-13)23-10-4-9-22-16/h2-3,5-8,11H,4,9-10H2,1H3,(H,20,21). The predicted molar refractivity (Wildman–Crippen MR) is 91.0 cm³/mol. The van der Waals surface area contributed by atoms with Crippen LogP contribution < -0.4 is 14.8 Å². The molecule has 1 N–H and O–H groups in total. The maximum Gasteiger partial charge on any atom is 0.291 e. The average molecular weight is 323 g/mol. The summed E-state index contributed by atoms with van der Waals surface area (Å²) in [5.74, 6) is 1.39. The minimum atomic E-state index is -0.279. The molecule has 3 aromatic rings. The van der Waals surface area contributed by atoms with Crippen molar-refractivity contribution < 1.29 is 18.7 Å². The normalized spacial score (nSPS) is 13.5. The van der Waals surface area contributed by atoms with E-state index in [9.17, 15) is 4.79 Å². The van der Waals surface area contributed by atoms with Gasteiger partial charge < -0.3 is 19.2 Å². The zero-order valence-electron chi connectivity index (χ0n) is 13.3. The molecule has 5 heteroatoms. The molecule has 0 radical (unpaired) electrons. The average Bonchev–Trinajstić information content (AvgIpc) is 2.78. The lowest BCUT2D eigenvalue weighted by Gasteiger charge is -2.10. The number of fused-ring (bicyclic) bond motifs is 2. The van der Waals surface area contributed by atoms with Crippen LogP contribution in [0, 0.1) is 6.92 Å². The molecule has 0 fully saturated rings. The van der Waals surface area contributed by atoms with Crippen molar-refractivity contribution in [1.29, 1.82) is 0 Å². The zero-order chi connectivity index (χ0) is 16.5. The second-order valence-electron chi connectivity index (χ2n) is 5.72. The number of rotatable bonds is 2. The van der Waals surface area contributed by atoms with Gasteiger partial charge in [0.2, 0.25) is 0 Å². The van der Waals surface area contributed by atoms with Gasteiger partial charge in [0, 0.05) is 29.1 Å². The molecule has 5 nitrogen and oxygen atoms in total. The van der Waals surface area contributed by atoms with Crippen LogP contribution in [0.1, 0.15) is 22.5 Å². The van der Waals surface area contributed by atoms with Gasteiger partial charge in [0.1, 0.15) is 5.58 Å². The summed E-state index contributed by atoms with van der Waals surface area (Å²) in [6.07, 6.45) is 0.842. The van der Waals surface area contributed by atoms with Crippen molar-refractivity contribution in [2.75, 3.05) is 18.5 Å². The highest BCUT2D eigenvalue weighted by atomic mass is 16.5. The van der Waals surface area contributed by atoms with Crippen LogP contribution in [0.5, 0.6) is 11.5 Å². The van der Waals surface area contributed by atoms with Crippen molar-refractivity contribution in [3.63, 3.8) is 0 Å². The molecule has 2 aromatic carbocycles. The lowest BCUT2D eigenvalue weighted by Crippen LogP contribution is -2.12. The third kappa shape index (κ3) is 2.58. The van der Waals surface area contributed by atoms with Crippen molar-refractivity contribution in [2.45, 2.75) is 13.3 Å². The van der Waals surface area contributed by atoms with E-state index in [-0.39, 0.29) is 5.91 Å². The molecule has 2 heterocycles. The SMILES string of the molecule is Cc1c(C(=O)Nc2ccc3c(c2)OCCCO3)oc2ccccc12. The summed E-state index contributed by atoms with van der Waals surface area (Å²) in [7, 11) is 0. The van der Waals surface area contributed by atoms with Crippen LogP contribution in [0.15, 0.2) is 46.9 Å². The highest BCUT2D eigenvalue weighted by Crippen LogP contribution is 2.33. The Morgan fingerprint density at radius 1 is 1.04 bits per heavy atom. The fourth-order valence-corrected chi connectivity index (χ4v) is 2.82. The number of anilines is 1. The minimum Gasteiger partial charge on any atom is -0.490 e. The molecule has 1 aliphatic rings. The molecule has 1 aliphatic heterocycles. The van der Waals surface area contributed by atoms with Gasteiger partial charge in [0.05, 0.1) is 13.2 Å². The number of hydrogen-bond acceptors (Lipinski definition) is 4. The van der Waals surface area contributed by atoms with Crippen molar-refractivity contribution in [2.24, 2.45) is 0 Å². The third-order valence-corrected chi connectivity index (χ3v) is 4.06. The lowest BCUT2D eigenvalue weighted by atomic mass is 10.1. The summed E-state index contributed by atoms with van der Waals surface area (Å²) in [6.45, 7) is 3.12. The molecule has 4 rings (SSSR count). The number of aryl methyl sites for hydroxylation is 1. The first-order valence-corrected chi connectivity index (χ1v) is 7.91. The molecule has 0 atom stereocenters. The molecule has 1 aromatic heterocycles. The number of amides is 1. The Morgan fingerprint density at radius 3 is 2.67 bits per heavy atom. The van der Waals surface area contributed by atoms with E-state index < -0.39 is 0 Å². The summed E-state index contributed by atoms with van der Waals surface area (Å²) < 4.78 is 16.9. The number of nitrogens with one attached hydrogen (secondary N) is 1. The fraction of sp³-hybridized carbons (Fsp3) is 0.211. The first-order chi connectivity index (χ1) is 11.7. The van der Waals surface area contributed by atoms with Crippen LogP contribution in [-0.4, -0.2) is 19.1 Å². The van der Waals surface area contributed by atoms with Crippen LogP contribution in [0.25, 0.3) is 11.0 Å². The second-order valence-corrected chi connectivity index (χ2v) is 5.72. The van der Waals surface area contributed by atoms with E-state index in [0.717, 1.165) is 17.4 Å². The van der Waals surface area contributed by atoms with Gasteiger partial charge in [0.25, 0.3) is 5.91 Å². The molecular formula is C19H17NO4. The highest BCUT2D eigenvalue weighted by Gasteiger charge is 2.18. The maximum absolute atomic E-state index is 12.6. The topological polar surface area (TPSA) is 60.7 Å². The number of carbonyl (C=O) groups excluding carboxylic acids is 1. The van der Waals surface area contributed by atoms with Gasteiger partial charge in [-0.2, -0.15) is 0 Å². The van der Waals surface area contributed by atoms with Crippen LogP contribution in [0.3, 0.4) is 0 Å². The van der Waals surface area contributed by atoms with Gasteiger partial charge in [-0.15, -0.1) is 0 Å². The van der Waals surface area contributed by atoms with Gasteiger partial charge in [-0.25, -0.2) is 0 Å². The number of para-hydroxylation sites is 1. The third-order valence-electron chi connectivity index (χ3n) is 4.06. The molecule has 0 unspecified atom stereocenters. The van der Waals surface area contributed by atoms with Crippen molar-refractivity contribution in [3.8, 4) is 11.5 Å². The van der Waals surface area contributed by atoms with Gasteiger partial charge in [-0.05, 0) is 25.1 Å². The van der Waals surface area contributed by atoms with E-state index in [1.807, 2.05) is 37.3 Å². The fourth-order valence-electron chi connectivity index (χ4n) is 2.82. The van der Waals surface area contributed by atoms with E-state index in [1.165, 1.54) is 0 Å². The summed E-state index contributed by atoms with van der Waals surface area (Å²) in [5.41, 5.74) is 2.18. The lowest BCUT2D eigenvalue weighted by molar-refractivity contribution is 0.0998. The van der Waals surface area contributed by atoms with E-state index in [0.29, 0.717) is 41.7 Å². The number of hydrogen-bond donors (Lipinski definition) is 1.